The van der Waals surface area contributed by atoms with Crippen LogP contribution in [0.25, 0.3) is 55.2 Å². The molecule has 0 unspecified atom stereocenters. The Morgan fingerprint density at radius 1 is 0.974 bits per heavy atom. The third kappa shape index (κ3) is 4.40. The summed E-state index contributed by atoms with van der Waals surface area (Å²) >= 11 is 1.73. The predicted octanol–water partition coefficient (Wildman–Crippen LogP) is 6.88. The molecule has 5 heterocycles. The van der Waals surface area contributed by atoms with Gasteiger partial charge in [-0.2, -0.15) is 5.10 Å². The van der Waals surface area contributed by atoms with Gasteiger partial charge in [-0.3, -0.25) is 15.1 Å². The van der Waals surface area contributed by atoms with Crippen LogP contribution in [-0.4, -0.2) is 36.7 Å². The highest BCUT2D eigenvalue weighted by molar-refractivity contribution is 7.15. The van der Waals surface area contributed by atoms with Crippen LogP contribution in [0.1, 0.15) is 36.1 Å². The lowest BCUT2D eigenvalue weighted by Crippen LogP contribution is -2.20. The number of nitrogens with one attached hydrogen (secondary N) is 3. The largest absolute Gasteiger partial charge is 0.336 e. The molecule has 1 aliphatic carbocycles. The van der Waals surface area contributed by atoms with Gasteiger partial charge in [0.2, 0.25) is 0 Å². The van der Waals surface area contributed by atoms with Gasteiger partial charge in [0.1, 0.15) is 16.9 Å². The minimum Gasteiger partial charge on any atom is -0.336 e. The molecule has 8 heteroatoms. The van der Waals surface area contributed by atoms with Gasteiger partial charge in [-0.1, -0.05) is 18.9 Å². The number of nitrogens with zero attached hydrogens (tertiary/aromatic N) is 4. The predicted molar refractivity (Wildman–Crippen MR) is 154 cm³/mol. The van der Waals surface area contributed by atoms with Crippen LogP contribution >= 0.6 is 11.3 Å². The summed E-state index contributed by atoms with van der Waals surface area (Å²) in [5.74, 6) is 1.56. The fraction of sp³-hybridized carbons (Fsp3) is 0.267. The van der Waals surface area contributed by atoms with Crippen molar-refractivity contribution in [2.75, 3.05) is 6.54 Å². The number of aromatic nitrogens is 6. The molecule has 1 saturated carbocycles. The average Bonchev–Trinajstić information content (AvgIpc) is 3.74. The van der Waals surface area contributed by atoms with E-state index in [9.17, 15) is 0 Å². The summed E-state index contributed by atoms with van der Waals surface area (Å²) in [6.45, 7) is 4.04. The number of hydrogen-bond donors (Lipinski definition) is 3. The Labute approximate surface area is 224 Å². The quantitative estimate of drug-likeness (QED) is 0.214. The minimum atomic E-state index is 0.730. The lowest BCUT2D eigenvalue weighted by atomic mass is 10.0. The summed E-state index contributed by atoms with van der Waals surface area (Å²) in [7, 11) is 0. The Morgan fingerprint density at radius 3 is 2.76 bits per heavy atom. The molecule has 1 aromatic carbocycles. The molecular formula is C30H29N7S. The number of benzene rings is 1. The second-order valence-electron chi connectivity index (χ2n) is 10.2. The summed E-state index contributed by atoms with van der Waals surface area (Å²) in [6.07, 6.45) is 11.2. The highest BCUT2D eigenvalue weighted by Gasteiger charge is 2.17. The van der Waals surface area contributed by atoms with Crippen LogP contribution in [0.2, 0.25) is 0 Å². The standard InChI is InChI=1S/C30H29N7S/c1-18-6-9-26(38-18)29-28-25(10-11-33-29)34-30(35-28)27-23-13-21(7-8-24(23)36-37-27)22-12-20(16-32-17-22)15-31-14-19-4-2-3-5-19/h6-13,16-17,19,31H,2-5,14-15H2,1H3,(H,34,35)(H,36,37). The second kappa shape index (κ2) is 9.78. The zero-order chi connectivity index (χ0) is 25.5. The lowest BCUT2D eigenvalue weighted by molar-refractivity contribution is 0.489. The van der Waals surface area contributed by atoms with E-state index in [1.165, 1.54) is 36.1 Å². The molecule has 0 bridgehead atoms. The Balaban J connectivity index is 1.20. The molecule has 1 fully saturated rings. The van der Waals surface area contributed by atoms with E-state index in [0.717, 1.165) is 74.2 Å². The van der Waals surface area contributed by atoms with Crippen molar-refractivity contribution in [3.63, 3.8) is 0 Å². The Bertz CT molecular complexity index is 1740. The van der Waals surface area contributed by atoms with Crippen molar-refractivity contribution in [3.8, 4) is 33.2 Å². The van der Waals surface area contributed by atoms with Gasteiger partial charge in [-0.25, -0.2) is 4.98 Å². The summed E-state index contributed by atoms with van der Waals surface area (Å²) in [4.78, 5) is 20.0. The van der Waals surface area contributed by atoms with Gasteiger partial charge in [-0.15, -0.1) is 11.3 Å². The van der Waals surface area contributed by atoms with Crippen LogP contribution in [-0.2, 0) is 6.54 Å². The number of rotatable bonds is 7. The Hall–Kier alpha value is -3.88. The van der Waals surface area contributed by atoms with Gasteiger partial charge in [0.05, 0.1) is 15.9 Å². The Morgan fingerprint density at radius 2 is 1.89 bits per heavy atom. The monoisotopic (exact) mass is 519 g/mol. The first-order chi connectivity index (χ1) is 18.7. The van der Waals surface area contributed by atoms with Gasteiger partial charge in [0.25, 0.3) is 0 Å². The zero-order valence-electron chi connectivity index (χ0n) is 21.3. The first kappa shape index (κ1) is 23.3. The molecule has 0 saturated heterocycles. The number of H-pyrrole nitrogens is 2. The molecule has 0 atom stereocenters. The van der Waals surface area contributed by atoms with Crippen molar-refractivity contribution < 1.29 is 0 Å². The van der Waals surface area contributed by atoms with E-state index >= 15 is 0 Å². The van der Waals surface area contributed by atoms with Crippen LogP contribution in [0.4, 0.5) is 0 Å². The van der Waals surface area contributed by atoms with Gasteiger partial charge in [0, 0.05) is 41.0 Å². The molecule has 7 rings (SSSR count). The third-order valence-corrected chi connectivity index (χ3v) is 8.53. The zero-order valence-corrected chi connectivity index (χ0v) is 22.1. The topological polar surface area (TPSA) is 95.2 Å². The smallest absolute Gasteiger partial charge is 0.159 e. The number of fused-ring (bicyclic) bond motifs is 2. The summed E-state index contributed by atoms with van der Waals surface area (Å²) < 4.78 is 0. The van der Waals surface area contributed by atoms with Crippen molar-refractivity contribution in [1.82, 2.24) is 35.5 Å². The summed E-state index contributed by atoms with van der Waals surface area (Å²) in [5, 5.41) is 12.5. The molecule has 0 radical (unpaired) electrons. The molecule has 0 aliphatic heterocycles. The number of pyridine rings is 2. The molecule has 38 heavy (non-hydrogen) atoms. The van der Waals surface area contributed by atoms with E-state index in [2.05, 4.69) is 73.8 Å². The fourth-order valence-electron chi connectivity index (χ4n) is 5.54. The van der Waals surface area contributed by atoms with Crippen molar-refractivity contribution in [1.29, 1.82) is 0 Å². The second-order valence-corrected chi connectivity index (χ2v) is 11.5. The third-order valence-electron chi connectivity index (χ3n) is 7.53. The number of thiophene rings is 1. The van der Waals surface area contributed by atoms with E-state index in [4.69, 9.17) is 4.98 Å². The number of aromatic amines is 2. The summed E-state index contributed by atoms with van der Waals surface area (Å²) in [5.41, 5.74) is 7.89. The van der Waals surface area contributed by atoms with Crippen LogP contribution in [0.15, 0.2) is 61.1 Å². The SMILES string of the molecule is Cc1ccc(-c2nccc3[nH]c(-c4n[nH]c5ccc(-c6cncc(CNCC7CCCC7)c6)cc45)nc23)s1. The van der Waals surface area contributed by atoms with E-state index < -0.39 is 0 Å². The molecule has 0 spiro atoms. The first-order valence-corrected chi connectivity index (χ1v) is 14.1. The van der Waals surface area contributed by atoms with Crippen molar-refractivity contribution >= 4 is 33.3 Å². The highest BCUT2D eigenvalue weighted by Crippen LogP contribution is 2.34. The van der Waals surface area contributed by atoms with Crippen LogP contribution < -0.4 is 5.32 Å². The van der Waals surface area contributed by atoms with E-state index in [-0.39, 0.29) is 0 Å². The maximum absolute atomic E-state index is 4.96. The van der Waals surface area contributed by atoms with E-state index in [1.54, 1.807) is 11.3 Å². The van der Waals surface area contributed by atoms with Gasteiger partial charge < -0.3 is 10.3 Å². The molecule has 5 aromatic heterocycles. The van der Waals surface area contributed by atoms with Crippen LogP contribution in [0, 0.1) is 12.8 Å². The summed E-state index contributed by atoms with van der Waals surface area (Å²) in [6, 6.07) is 14.8. The van der Waals surface area contributed by atoms with E-state index in [0.29, 0.717) is 0 Å². The van der Waals surface area contributed by atoms with Crippen molar-refractivity contribution in [2.24, 2.45) is 5.92 Å². The molecule has 6 aromatic rings. The Kier molecular flexibility index (Phi) is 5.98. The van der Waals surface area contributed by atoms with Crippen LogP contribution in [0.5, 0.6) is 0 Å². The molecule has 7 nitrogen and oxygen atoms in total. The van der Waals surface area contributed by atoms with Crippen molar-refractivity contribution in [3.05, 3.63) is 71.5 Å². The van der Waals surface area contributed by atoms with Crippen molar-refractivity contribution in [2.45, 2.75) is 39.2 Å². The highest BCUT2D eigenvalue weighted by atomic mass is 32.1. The molecule has 3 N–H and O–H groups in total. The van der Waals surface area contributed by atoms with Gasteiger partial charge >= 0.3 is 0 Å². The lowest BCUT2D eigenvalue weighted by Gasteiger charge is -2.11. The molecule has 1 aliphatic rings. The maximum Gasteiger partial charge on any atom is 0.159 e. The minimum absolute atomic E-state index is 0.730. The van der Waals surface area contributed by atoms with E-state index in [1.807, 2.05) is 24.7 Å². The van der Waals surface area contributed by atoms with Gasteiger partial charge in [0.15, 0.2) is 5.82 Å². The number of aryl methyl sites for hydroxylation is 1. The number of imidazole rings is 1. The molecule has 0 amide bonds. The maximum atomic E-state index is 4.96. The molecular weight excluding hydrogens is 490 g/mol. The number of hydrogen-bond acceptors (Lipinski definition) is 6. The molecule has 190 valence electrons. The first-order valence-electron chi connectivity index (χ1n) is 13.3. The average molecular weight is 520 g/mol. The fourth-order valence-corrected chi connectivity index (χ4v) is 6.41. The normalized spacial score (nSPS) is 14.2. The van der Waals surface area contributed by atoms with Gasteiger partial charge in [-0.05, 0) is 79.8 Å². The van der Waals surface area contributed by atoms with Crippen LogP contribution in [0.3, 0.4) is 0 Å².